The summed E-state index contributed by atoms with van der Waals surface area (Å²) in [6.45, 7) is -0.793. The highest BCUT2D eigenvalue weighted by molar-refractivity contribution is 6.32. The minimum Gasteiger partial charge on any atom is -0.493 e. The lowest BCUT2D eigenvalue weighted by atomic mass is 10.1. The van der Waals surface area contributed by atoms with Gasteiger partial charge in [-0.25, -0.2) is 0 Å². The summed E-state index contributed by atoms with van der Waals surface area (Å²) in [5, 5.41) is 0.0602. The van der Waals surface area contributed by atoms with E-state index in [1.807, 2.05) is 0 Å². The van der Waals surface area contributed by atoms with Crippen LogP contribution in [0.1, 0.15) is 5.56 Å². The van der Waals surface area contributed by atoms with E-state index in [9.17, 15) is 8.78 Å². The Balaban J connectivity index is 3.31. The fraction of sp³-hybridized carbons (Fsp3) is 0.400. The van der Waals surface area contributed by atoms with Gasteiger partial charge in [-0.3, -0.25) is 0 Å². The maximum Gasteiger partial charge on any atom is 0.285 e. The molecule has 1 aromatic rings. The molecule has 3 nitrogen and oxygen atoms in total. The Hall–Kier alpha value is -1.07. The number of halogens is 3. The van der Waals surface area contributed by atoms with Gasteiger partial charge in [0, 0.05) is 5.56 Å². The first-order valence-corrected chi connectivity index (χ1v) is 4.84. The zero-order valence-corrected chi connectivity index (χ0v) is 9.65. The number of hydrogen-bond donors (Lipinski definition) is 1. The van der Waals surface area contributed by atoms with Crippen LogP contribution in [0.15, 0.2) is 12.1 Å². The number of hydrogen-bond acceptors (Lipinski definition) is 3. The molecule has 0 aliphatic carbocycles. The lowest BCUT2D eigenvalue weighted by Crippen LogP contribution is -2.25. The Morgan fingerprint density at radius 2 is 1.94 bits per heavy atom. The number of methoxy groups -OCH3 is 2. The van der Waals surface area contributed by atoms with Gasteiger partial charge in [0.15, 0.2) is 11.5 Å². The molecule has 0 spiro atoms. The quantitative estimate of drug-likeness (QED) is 0.894. The summed E-state index contributed by atoms with van der Waals surface area (Å²) >= 11 is 5.80. The number of alkyl halides is 2. The predicted molar refractivity (Wildman–Crippen MR) is 57.5 cm³/mol. The summed E-state index contributed by atoms with van der Waals surface area (Å²) in [4.78, 5) is 0. The van der Waals surface area contributed by atoms with E-state index in [-0.39, 0.29) is 22.1 Å². The Bertz CT molecular complexity index is 385. The summed E-state index contributed by atoms with van der Waals surface area (Å²) in [5.41, 5.74) is 4.69. The number of rotatable bonds is 4. The molecule has 0 heterocycles. The predicted octanol–water partition coefficient (Wildman–Crippen LogP) is 2.41. The van der Waals surface area contributed by atoms with Crippen LogP contribution < -0.4 is 15.2 Å². The largest absolute Gasteiger partial charge is 0.493 e. The maximum absolute atomic E-state index is 13.3. The zero-order valence-electron chi connectivity index (χ0n) is 8.89. The van der Waals surface area contributed by atoms with Gasteiger partial charge in [-0.2, -0.15) is 8.78 Å². The Morgan fingerprint density at radius 3 is 2.38 bits per heavy atom. The topological polar surface area (TPSA) is 44.5 Å². The van der Waals surface area contributed by atoms with Crippen molar-refractivity contribution in [3.05, 3.63) is 22.7 Å². The van der Waals surface area contributed by atoms with Crippen LogP contribution in [0.3, 0.4) is 0 Å². The highest BCUT2D eigenvalue weighted by Crippen LogP contribution is 2.40. The Kier molecular flexibility index (Phi) is 3.93. The van der Waals surface area contributed by atoms with E-state index in [1.54, 1.807) is 0 Å². The van der Waals surface area contributed by atoms with Crippen molar-refractivity contribution in [1.82, 2.24) is 0 Å². The highest BCUT2D eigenvalue weighted by Gasteiger charge is 2.31. The summed E-state index contributed by atoms with van der Waals surface area (Å²) in [7, 11) is 2.73. The van der Waals surface area contributed by atoms with Crippen molar-refractivity contribution in [2.45, 2.75) is 5.92 Å². The molecular formula is C10H12ClF2NO2. The molecule has 1 rings (SSSR count). The average molecular weight is 252 g/mol. The molecular weight excluding hydrogens is 240 g/mol. The molecule has 0 aromatic heterocycles. The fourth-order valence-electron chi connectivity index (χ4n) is 1.25. The maximum atomic E-state index is 13.3. The van der Waals surface area contributed by atoms with E-state index < -0.39 is 12.5 Å². The van der Waals surface area contributed by atoms with Gasteiger partial charge in [0.2, 0.25) is 0 Å². The molecule has 0 bridgehead atoms. The van der Waals surface area contributed by atoms with Crippen LogP contribution in [0, 0.1) is 0 Å². The van der Waals surface area contributed by atoms with Crippen LogP contribution in [-0.4, -0.2) is 20.8 Å². The molecule has 0 aliphatic rings. The highest BCUT2D eigenvalue weighted by atomic mass is 35.5. The summed E-state index contributed by atoms with van der Waals surface area (Å²) in [5.74, 6) is -2.76. The van der Waals surface area contributed by atoms with Crippen molar-refractivity contribution >= 4 is 11.6 Å². The smallest absolute Gasteiger partial charge is 0.285 e. The average Bonchev–Trinajstić information content (AvgIpc) is 2.27. The lowest BCUT2D eigenvalue weighted by Gasteiger charge is -2.17. The molecule has 1 aromatic carbocycles. The molecule has 0 aliphatic heterocycles. The third-order valence-corrected chi connectivity index (χ3v) is 2.39. The minimum atomic E-state index is -3.14. The van der Waals surface area contributed by atoms with Crippen LogP contribution in [-0.2, 0) is 5.92 Å². The monoisotopic (exact) mass is 251 g/mol. The lowest BCUT2D eigenvalue weighted by molar-refractivity contribution is 0.00571. The second kappa shape index (κ2) is 4.84. The fourth-order valence-corrected chi connectivity index (χ4v) is 1.53. The third-order valence-electron chi connectivity index (χ3n) is 2.11. The van der Waals surface area contributed by atoms with Crippen LogP contribution in [0.25, 0.3) is 0 Å². The van der Waals surface area contributed by atoms with Crippen molar-refractivity contribution in [3.63, 3.8) is 0 Å². The number of nitrogens with two attached hydrogens (primary N) is 1. The van der Waals surface area contributed by atoms with E-state index in [1.165, 1.54) is 14.2 Å². The van der Waals surface area contributed by atoms with Crippen molar-refractivity contribution in [2.75, 3.05) is 20.8 Å². The van der Waals surface area contributed by atoms with Crippen LogP contribution >= 0.6 is 11.6 Å². The van der Waals surface area contributed by atoms with Gasteiger partial charge in [0.1, 0.15) is 0 Å². The molecule has 6 heteroatoms. The molecule has 0 atom stereocenters. The number of benzene rings is 1. The third kappa shape index (κ3) is 2.36. The zero-order chi connectivity index (χ0) is 12.3. The first-order valence-electron chi connectivity index (χ1n) is 4.46. The van der Waals surface area contributed by atoms with E-state index in [2.05, 4.69) is 0 Å². The Morgan fingerprint density at radius 1 is 1.31 bits per heavy atom. The van der Waals surface area contributed by atoms with Crippen LogP contribution in [0.4, 0.5) is 8.78 Å². The van der Waals surface area contributed by atoms with Gasteiger partial charge in [-0.15, -0.1) is 0 Å². The van der Waals surface area contributed by atoms with Gasteiger partial charge in [-0.05, 0) is 12.1 Å². The van der Waals surface area contributed by atoms with Gasteiger partial charge in [0.25, 0.3) is 5.92 Å². The summed E-state index contributed by atoms with van der Waals surface area (Å²) in [6, 6.07) is 2.29. The van der Waals surface area contributed by atoms with Gasteiger partial charge in [0.05, 0.1) is 25.8 Å². The van der Waals surface area contributed by atoms with Gasteiger partial charge < -0.3 is 15.2 Å². The molecule has 90 valence electrons. The molecule has 0 amide bonds. The number of ether oxygens (including phenoxy) is 2. The Labute approximate surface area is 97.1 Å². The first kappa shape index (κ1) is 13.0. The van der Waals surface area contributed by atoms with Gasteiger partial charge >= 0.3 is 0 Å². The molecule has 0 unspecified atom stereocenters. The molecule has 0 saturated heterocycles. The standard InChI is InChI=1S/C10H12ClF2NO2/c1-15-8-4-6(10(12,13)5-14)3-7(11)9(8)16-2/h3-4H,5,14H2,1-2H3. The van der Waals surface area contributed by atoms with E-state index in [0.29, 0.717) is 0 Å². The van der Waals surface area contributed by atoms with Crippen molar-refractivity contribution < 1.29 is 18.3 Å². The van der Waals surface area contributed by atoms with Crippen molar-refractivity contribution in [3.8, 4) is 11.5 Å². The second-order valence-electron chi connectivity index (χ2n) is 3.10. The van der Waals surface area contributed by atoms with Crippen LogP contribution in [0.2, 0.25) is 5.02 Å². The molecule has 0 radical (unpaired) electrons. The van der Waals surface area contributed by atoms with Gasteiger partial charge in [-0.1, -0.05) is 11.6 Å². The van der Waals surface area contributed by atoms with Crippen molar-refractivity contribution in [2.24, 2.45) is 5.73 Å². The SMILES string of the molecule is COc1cc(C(F)(F)CN)cc(Cl)c1OC. The first-order chi connectivity index (χ1) is 7.46. The minimum absolute atomic E-state index is 0.0602. The van der Waals surface area contributed by atoms with E-state index >= 15 is 0 Å². The van der Waals surface area contributed by atoms with E-state index in [0.717, 1.165) is 12.1 Å². The molecule has 0 saturated carbocycles. The molecule has 0 fully saturated rings. The summed E-state index contributed by atoms with van der Waals surface area (Å²) < 4.78 is 36.5. The second-order valence-corrected chi connectivity index (χ2v) is 3.51. The van der Waals surface area contributed by atoms with E-state index in [4.69, 9.17) is 26.8 Å². The molecule has 16 heavy (non-hydrogen) atoms. The van der Waals surface area contributed by atoms with Crippen LogP contribution in [0.5, 0.6) is 11.5 Å². The normalized spacial score (nSPS) is 11.4. The molecule has 2 N–H and O–H groups in total. The summed E-state index contributed by atoms with van der Waals surface area (Å²) in [6.07, 6.45) is 0. The van der Waals surface area contributed by atoms with Crippen molar-refractivity contribution in [1.29, 1.82) is 0 Å².